The summed E-state index contributed by atoms with van der Waals surface area (Å²) in [5.41, 5.74) is 0. The van der Waals surface area contributed by atoms with E-state index in [-0.39, 0.29) is 13.2 Å². The highest BCUT2D eigenvalue weighted by Crippen LogP contribution is 1.87. The van der Waals surface area contributed by atoms with E-state index in [1.807, 2.05) is 12.2 Å². The minimum atomic E-state index is -0.950. The van der Waals surface area contributed by atoms with Crippen molar-refractivity contribution in [3.05, 3.63) is 12.2 Å². The zero-order valence-corrected chi connectivity index (χ0v) is 6.90. The van der Waals surface area contributed by atoms with Crippen molar-refractivity contribution in [3.8, 4) is 0 Å². The summed E-state index contributed by atoms with van der Waals surface area (Å²) >= 11 is 0. The van der Waals surface area contributed by atoms with Gasteiger partial charge in [-0.1, -0.05) is 12.2 Å². The van der Waals surface area contributed by atoms with Crippen LogP contribution in [-0.4, -0.2) is 36.0 Å². The number of hydrogen-bond donors (Lipinski definition) is 2. The SMILES string of the molecule is O=C(O)COCC/C=C/CCO. The molecule has 0 aliphatic heterocycles. The molecule has 0 aromatic carbocycles. The predicted molar refractivity (Wildman–Crippen MR) is 43.9 cm³/mol. The number of carbonyl (C=O) groups is 1. The molecule has 0 fully saturated rings. The molecular formula is C8H14O4. The second-order valence-corrected chi connectivity index (χ2v) is 2.22. The van der Waals surface area contributed by atoms with Gasteiger partial charge in [0.15, 0.2) is 0 Å². The van der Waals surface area contributed by atoms with Crippen LogP contribution in [0.2, 0.25) is 0 Å². The molecule has 0 saturated carbocycles. The molecule has 0 saturated heterocycles. The quantitative estimate of drug-likeness (QED) is 0.433. The summed E-state index contributed by atoms with van der Waals surface area (Å²) in [4.78, 5) is 9.96. The Morgan fingerprint density at radius 2 is 2.00 bits per heavy atom. The molecule has 0 atom stereocenters. The maximum absolute atomic E-state index is 9.96. The Hall–Kier alpha value is -0.870. The summed E-state index contributed by atoms with van der Waals surface area (Å²) in [5, 5.41) is 16.6. The molecule has 4 nitrogen and oxygen atoms in total. The number of rotatable bonds is 7. The van der Waals surface area contributed by atoms with Gasteiger partial charge < -0.3 is 14.9 Å². The summed E-state index contributed by atoms with van der Waals surface area (Å²) in [6.07, 6.45) is 5.02. The Morgan fingerprint density at radius 3 is 2.58 bits per heavy atom. The van der Waals surface area contributed by atoms with Crippen LogP contribution in [0.5, 0.6) is 0 Å². The fraction of sp³-hybridized carbons (Fsp3) is 0.625. The van der Waals surface area contributed by atoms with Crippen molar-refractivity contribution in [1.82, 2.24) is 0 Å². The Labute approximate surface area is 71.5 Å². The van der Waals surface area contributed by atoms with Gasteiger partial charge in [0, 0.05) is 6.61 Å². The molecule has 0 radical (unpaired) electrons. The first-order valence-corrected chi connectivity index (χ1v) is 3.82. The maximum Gasteiger partial charge on any atom is 0.329 e. The van der Waals surface area contributed by atoms with Gasteiger partial charge in [0.25, 0.3) is 0 Å². The van der Waals surface area contributed by atoms with Crippen LogP contribution in [0.25, 0.3) is 0 Å². The molecule has 0 aromatic rings. The lowest BCUT2D eigenvalue weighted by Gasteiger charge is -1.96. The highest BCUT2D eigenvalue weighted by atomic mass is 16.5. The third-order valence-corrected chi connectivity index (χ3v) is 1.12. The number of aliphatic carboxylic acids is 1. The van der Waals surface area contributed by atoms with Crippen molar-refractivity contribution in [1.29, 1.82) is 0 Å². The maximum atomic E-state index is 9.96. The van der Waals surface area contributed by atoms with Gasteiger partial charge in [-0.15, -0.1) is 0 Å². The van der Waals surface area contributed by atoms with E-state index >= 15 is 0 Å². The van der Waals surface area contributed by atoms with Crippen molar-refractivity contribution in [2.24, 2.45) is 0 Å². The van der Waals surface area contributed by atoms with Crippen LogP contribution in [0, 0.1) is 0 Å². The molecule has 12 heavy (non-hydrogen) atoms. The first kappa shape index (κ1) is 11.1. The van der Waals surface area contributed by atoms with Gasteiger partial charge in [0.1, 0.15) is 6.61 Å². The molecule has 4 heteroatoms. The lowest BCUT2D eigenvalue weighted by molar-refractivity contribution is -0.142. The van der Waals surface area contributed by atoms with E-state index in [1.165, 1.54) is 0 Å². The van der Waals surface area contributed by atoms with Gasteiger partial charge in [0.2, 0.25) is 0 Å². The molecule has 0 rings (SSSR count). The minimum absolute atomic E-state index is 0.145. The Morgan fingerprint density at radius 1 is 1.33 bits per heavy atom. The molecule has 2 N–H and O–H groups in total. The molecule has 0 spiro atoms. The van der Waals surface area contributed by atoms with Crippen LogP contribution in [-0.2, 0) is 9.53 Å². The summed E-state index contributed by atoms with van der Waals surface area (Å²) in [6, 6.07) is 0. The first-order valence-electron chi connectivity index (χ1n) is 3.82. The predicted octanol–water partition coefficient (Wildman–Crippen LogP) is 0.416. The van der Waals surface area contributed by atoms with E-state index in [9.17, 15) is 4.79 Å². The number of aliphatic hydroxyl groups is 1. The fourth-order valence-corrected chi connectivity index (χ4v) is 0.621. The van der Waals surface area contributed by atoms with Crippen LogP contribution in [0.3, 0.4) is 0 Å². The number of carboxylic acid groups (broad SMARTS) is 1. The smallest absolute Gasteiger partial charge is 0.329 e. The van der Waals surface area contributed by atoms with Crippen LogP contribution in [0.1, 0.15) is 12.8 Å². The largest absolute Gasteiger partial charge is 0.480 e. The average Bonchev–Trinajstić information content (AvgIpc) is 2.02. The van der Waals surface area contributed by atoms with Crippen LogP contribution in [0.4, 0.5) is 0 Å². The number of ether oxygens (including phenoxy) is 1. The topological polar surface area (TPSA) is 66.8 Å². The van der Waals surface area contributed by atoms with Crippen molar-refractivity contribution >= 4 is 5.97 Å². The van der Waals surface area contributed by atoms with E-state index in [2.05, 4.69) is 0 Å². The minimum Gasteiger partial charge on any atom is -0.480 e. The molecule has 0 unspecified atom stereocenters. The van der Waals surface area contributed by atoms with Crippen LogP contribution >= 0.6 is 0 Å². The third kappa shape index (κ3) is 9.13. The molecule has 70 valence electrons. The van der Waals surface area contributed by atoms with Crippen molar-refractivity contribution in [3.63, 3.8) is 0 Å². The van der Waals surface area contributed by atoms with E-state index in [1.54, 1.807) is 0 Å². The molecule has 0 amide bonds. The molecule has 0 heterocycles. The summed E-state index contributed by atoms with van der Waals surface area (Å²) < 4.78 is 4.76. The standard InChI is InChI=1S/C8H14O4/c9-5-3-1-2-4-6-12-7-8(10)11/h1-2,9H,3-7H2,(H,10,11)/b2-1+. The Balaban J connectivity index is 3.05. The van der Waals surface area contributed by atoms with E-state index in [0.717, 1.165) is 0 Å². The van der Waals surface area contributed by atoms with Crippen LogP contribution < -0.4 is 0 Å². The van der Waals surface area contributed by atoms with Crippen LogP contribution in [0.15, 0.2) is 12.2 Å². The second kappa shape index (κ2) is 8.23. The average molecular weight is 174 g/mol. The normalized spacial score (nSPS) is 10.8. The monoisotopic (exact) mass is 174 g/mol. The van der Waals surface area contributed by atoms with Gasteiger partial charge in [-0.2, -0.15) is 0 Å². The van der Waals surface area contributed by atoms with Gasteiger partial charge >= 0.3 is 5.97 Å². The molecule has 0 aromatic heterocycles. The molecular weight excluding hydrogens is 160 g/mol. The fourth-order valence-electron chi connectivity index (χ4n) is 0.621. The number of hydrogen-bond acceptors (Lipinski definition) is 3. The Bertz CT molecular complexity index is 142. The molecule has 0 bridgehead atoms. The van der Waals surface area contributed by atoms with Crippen molar-refractivity contribution in [2.75, 3.05) is 19.8 Å². The summed E-state index contributed by atoms with van der Waals surface area (Å²) in [6.45, 7) is 0.314. The second-order valence-electron chi connectivity index (χ2n) is 2.22. The lowest BCUT2D eigenvalue weighted by Crippen LogP contribution is -2.07. The van der Waals surface area contributed by atoms with Gasteiger partial charge in [0.05, 0.1) is 6.61 Å². The van der Waals surface area contributed by atoms with Gasteiger partial charge in [-0.05, 0) is 12.8 Å². The Kier molecular flexibility index (Phi) is 7.63. The third-order valence-electron chi connectivity index (χ3n) is 1.12. The molecule has 0 aliphatic rings. The van der Waals surface area contributed by atoms with E-state index in [0.29, 0.717) is 19.4 Å². The molecule has 0 aliphatic carbocycles. The summed E-state index contributed by atoms with van der Waals surface area (Å²) in [7, 11) is 0. The zero-order valence-electron chi connectivity index (χ0n) is 6.90. The number of aliphatic hydroxyl groups excluding tert-OH is 1. The van der Waals surface area contributed by atoms with Gasteiger partial charge in [-0.25, -0.2) is 4.79 Å². The van der Waals surface area contributed by atoms with Crippen molar-refractivity contribution < 1.29 is 19.7 Å². The highest BCUT2D eigenvalue weighted by molar-refractivity contribution is 5.67. The van der Waals surface area contributed by atoms with E-state index in [4.69, 9.17) is 14.9 Å². The lowest BCUT2D eigenvalue weighted by atomic mass is 10.3. The first-order chi connectivity index (χ1) is 5.77. The zero-order chi connectivity index (χ0) is 9.23. The number of carboxylic acids is 1. The highest BCUT2D eigenvalue weighted by Gasteiger charge is 1.93. The van der Waals surface area contributed by atoms with Crippen molar-refractivity contribution in [2.45, 2.75) is 12.8 Å². The summed E-state index contributed by atoms with van der Waals surface area (Å²) in [5.74, 6) is -0.950. The van der Waals surface area contributed by atoms with Gasteiger partial charge in [-0.3, -0.25) is 0 Å². The van der Waals surface area contributed by atoms with E-state index < -0.39 is 5.97 Å².